The van der Waals surface area contributed by atoms with Crippen LogP contribution in [0.2, 0.25) is 5.02 Å². The molecule has 3 N–H and O–H groups in total. The average Bonchev–Trinajstić information content (AvgIpc) is 2.81. The fourth-order valence-electron chi connectivity index (χ4n) is 2.02. The zero-order chi connectivity index (χ0) is 15.0. The van der Waals surface area contributed by atoms with Crippen molar-refractivity contribution in [2.45, 2.75) is 0 Å². The smallest absolute Gasteiger partial charge is 0.268 e. The maximum Gasteiger partial charge on any atom is 0.268 e. The summed E-state index contributed by atoms with van der Waals surface area (Å²) in [4.78, 5) is 12.6. The van der Waals surface area contributed by atoms with Crippen molar-refractivity contribution >= 4 is 50.3 Å². The molecular weight excluding hydrogens is 311 g/mol. The maximum atomic E-state index is 13.7. The Labute approximate surface area is 129 Å². The van der Waals surface area contributed by atoms with Crippen LogP contribution in [0.15, 0.2) is 42.5 Å². The monoisotopic (exact) mass is 320 g/mol. The van der Waals surface area contributed by atoms with Crippen molar-refractivity contribution in [1.29, 1.82) is 0 Å². The van der Waals surface area contributed by atoms with Crippen LogP contribution >= 0.6 is 22.9 Å². The summed E-state index contributed by atoms with van der Waals surface area (Å²) in [5, 5.41) is 3.44. The molecule has 0 aliphatic heterocycles. The fourth-order valence-corrected chi connectivity index (χ4v) is 3.25. The SMILES string of the molecule is Nc1c(C(=O)Nc2c(F)cccc2Cl)sc2ccccc12. The minimum atomic E-state index is -0.587. The zero-order valence-electron chi connectivity index (χ0n) is 10.7. The highest BCUT2D eigenvalue weighted by molar-refractivity contribution is 7.21. The number of para-hydroxylation sites is 1. The van der Waals surface area contributed by atoms with Crippen LogP contribution in [0.5, 0.6) is 0 Å². The third kappa shape index (κ3) is 2.46. The van der Waals surface area contributed by atoms with E-state index in [1.807, 2.05) is 24.3 Å². The Balaban J connectivity index is 2.00. The van der Waals surface area contributed by atoms with Crippen LogP contribution in [0.3, 0.4) is 0 Å². The Morgan fingerprint density at radius 2 is 1.95 bits per heavy atom. The van der Waals surface area contributed by atoms with Gasteiger partial charge in [-0.3, -0.25) is 4.79 Å². The molecule has 0 saturated carbocycles. The minimum absolute atomic E-state index is 0.0407. The van der Waals surface area contributed by atoms with E-state index in [2.05, 4.69) is 5.32 Å². The molecule has 0 fully saturated rings. The quantitative estimate of drug-likeness (QED) is 0.729. The van der Waals surface area contributed by atoms with Crippen molar-refractivity contribution in [1.82, 2.24) is 0 Å². The maximum absolute atomic E-state index is 13.7. The van der Waals surface area contributed by atoms with Crippen LogP contribution in [0.4, 0.5) is 15.8 Å². The van der Waals surface area contributed by atoms with Crippen molar-refractivity contribution in [3.05, 3.63) is 58.2 Å². The van der Waals surface area contributed by atoms with Crippen LogP contribution < -0.4 is 11.1 Å². The molecule has 0 radical (unpaired) electrons. The van der Waals surface area contributed by atoms with Gasteiger partial charge < -0.3 is 11.1 Å². The summed E-state index contributed by atoms with van der Waals surface area (Å²) in [5.74, 6) is -1.06. The first-order chi connectivity index (χ1) is 10.1. The molecule has 1 aromatic heterocycles. The molecule has 1 amide bonds. The molecule has 3 rings (SSSR count). The Bertz CT molecular complexity index is 827. The largest absolute Gasteiger partial charge is 0.397 e. The topological polar surface area (TPSA) is 55.1 Å². The van der Waals surface area contributed by atoms with Gasteiger partial charge in [0.15, 0.2) is 0 Å². The van der Waals surface area contributed by atoms with Gasteiger partial charge in [0, 0.05) is 10.1 Å². The highest BCUT2D eigenvalue weighted by atomic mass is 35.5. The molecule has 0 bridgehead atoms. The van der Waals surface area contributed by atoms with Gasteiger partial charge in [-0.1, -0.05) is 35.9 Å². The molecule has 0 unspecified atom stereocenters. The van der Waals surface area contributed by atoms with Gasteiger partial charge in [-0.2, -0.15) is 0 Å². The Kier molecular flexibility index (Phi) is 3.53. The lowest BCUT2D eigenvalue weighted by Crippen LogP contribution is -2.13. The third-order valence-electron chi connectivity index (χ3n) is 3.04. The summed E-state index contributed by atoms with van der Waals surface area (Å²) in [6.45, 7) is 0. The molecular formula is C15H10ClFN2OS. The number of halogens is 2. The van der Waals surface area contributed by atoms with E-state index >= 15 is 0 Å². The number of anilines is 2. The number of nitrogens with one attached hydrogen (secondary N) is 1. The van der Waals surface area contributed by atoms with Gasteiger partial charge in [0.05, 0.1) is 16.4 Å². The molecule has 0 spiro atoms. The van der Waals surface area contributed by atoms with Crippen molar-refractivity contribution in [2.24, 2.45) is 0 Å². The second-order valence-corrected chi connectivity index (χ2v) is 5.85. The van der Waals surface area contributed by atoms with E-state index in [0.717, 1.165) is 10.1 Å². The normalized spacial score (nSPS) is 10.8. The van der Waals surface area contributed by atoms with Crippen LogP contribution in [0, 0.1) is 5.82 Å². The number of amides is 1. The molecule has 106 valence electrons. The summed E-state index contributed by atoms with van der Waals surface area (Å²) in [7, 11) is 0. The van der Waals surface area contributed by atoms with Crippen LogP contribution in [-0.2, 0) is 0 Å². The van der Waals surface area contributed by atoms with Gasteiger partial charge >= 0.3 is 0 Å². The Morgan fingerprint density at radius 1 is 1.19 bits per heavy atom. The van der Waals surface area contributed by atoms with E-state index in [4.69, 9.17) is 17.3 Å². The summed E-state index contributed by atoms with van der Waals surface area (Å²) in [6, 6.07) is 11.6. The van der Waals surface area contributed by atoms with E-state index in [0.29, 0.717) is 10.6 Å². The molecule has 6 heteroatoms. The van der Waals surface area contributed by atoms with E-state index in [1.54, 1.807) is 0 Å². The molecule has 1 heterocycles. The first kappa shape index (κ1) is 13.9. The van der Waals surface area contributed by atoms with Gasteiger partial charge in [0.25, 0.3) is 5.91 Å². The van der Waals surface area contributed by atoms with E-state index < -0.39 is 11.7 Å². The number of thiophene rings is 1. The van der Waals surface area contributed by atoms with E-state index in [-0.39, 0.29) is 10.7 Å². The fraction of sp³-hybridized carbons (Fsp3) is 0. The molecule has 0 aliphatic rings. The van der Waals surface area contributed by atoms with E-state index in [1.165, 1.54) is 29.5 Å². The summed E-state index contributed by atoms with van der Waals surface area (Å²) in [5.41, 5.74) is 6.34. The second kappa shape index (κ2) is 5.35. The lowest BCUT2D eigenvalue weighted by atomic mass is 10.2. The number of rotatable bonds is 2. The van der Waals surface area contributed by atoms with Gasteiger partial charge in [0.1, 0.15) is 10.7 Å². The van der Waals surface area contributed by atoms with E-state index in [9.17, 15) is 9.18 Å². The number of carbonyl (C=O) groups is 1. The molecule has 2 aromatic carbocycles. The van der Waals surface area contributed by atoms with Gasteiger partial charge in [0.2, 0.25) is 0 Å². The first-order valence-corrected chi connectivity index (χ1v) is 7.29. The average molecular weight is 321 g/mol. The summed E-state index contributed by atoms with van der Waals surface area (Å²) in [6.07, 6.45) is 0. The lowest BCUT2D eigenvalue weighted by molar-refractivity contribution is 0.103. The summed E-state index contributed by atoms with van der Waals surface area (Å²) >= 11 is 7.16. The van der Waals surface area contributed by atoms with Crippen LogP contribution in [0.1, 0.15) is 9.67 Å². The lowest BCUT2D eigenvalue weighted by Gasteiger charge is -2.07. The van der Waals surface area contributed by atoms with Crippen LogP contribution in [-0.4, -0.2) is 5.91 Å². The number of fused-ring (bicyclic) bond motifs is 1. The molecule has 0 atom stereocenters. The van der Waals surface area contributed by atoms with Gasteiger partial charge in [-0.15, -0.1) is 11.3 Å². The van der Waals surface area contributed by atoms with Crippen molar-refractivity contribution in [2.75, 3.05) is 11.1 Å². The number of nitrogen functional groups attached to an aromatic ring is 1. The molecule has 0 saturated heterocycles. The first-order valence-electron chi connectivity index (χ1n) is 6.10. The number of hydrogen-bond donors (Lipinski definition) is 2. The molecule has 3 aromatic rings. The number of carbonyl (C=O) groups excluding carboxylic acids is 1. The number of hydrogen-bond acceptors (Lipinski definition) is 3. The third-order valence-corrected chi connectivity index (χ3v) is 4.54. The Morgan fingerprint density at radius 3 is 2.67 bits per heavy atom. The van der Waals surface area contributed by atoms with Crippen molar-refractivity contribution in [3.8, 4) is 0 Å². The predicted molar refractivity (Wildman–Crippen MR) is 85.6 cm³/mol. The minimum Gasteiger partial charge on any atom is -0.397 e. The second-order valence-electron chi connectivity index (χ2n) is 4.39. The van der Waals surface area contributed by atoms with Crippen molar-refractivity contribution < 1.29 is 9.18 Å². The van der Waals surface area contributed by atoms with Gasteiger partial charge in [-0.25, -0.2) is 4.39 Å². The highest BCUT2D eigenvalue weighted by Gasteiger charge is 2.18. The predicted octanol–water partition coefficient (Wildman–Crippen LogP) is 4.53. The van der Waals surface area contributed by atoms with Crippen molar-refractivity contribution in [3.63, 3.8) is 0 Å². The highest BCUT2D eigenvalue weighted by Crippen LogP contribution is 2.34. The molecule has 3 nitrogen and oxygen atoms in total. The van der Waals surface area contributed by atoms with Crippen LogP contribution in [0.25, 0.3) is 10.1 Å². The van der Waals surface area contributed by atoms with Gasteiger partial charge in [-0.05, 0) is 18.2 Å². The molecule has 21 heavy (non-hydrogen) atoms. The number of nitrogens with two attached hydrogens (primary N) is 1. The number of benzene rings is 2. The molecule has 0 aliphatic carbocycles. The Hall–Kier alpha value is -2.11. The standard InChI is InChI=1S/C15H10ClFN2OS/c16-9-5-3-6-10(17)13(9)19-15(20)14-12(18)8-4-1-2-7-11(8)21-14/h1-7H,18H2,(H,19,20). The zero-order valence-corrected chi connectivity index (χ0v) is 12.3. The summed E-state index contributed by atoms with van der Waals surface area (Å²) < 4.78 is 14.6.